The lowest BCUT2D eigenvalue weighted by molar-refractivity contribution is -0.120. The average molecular weight is 322 g/mol. The Morgan fingerprint density at radius 3 is 2.57 bits per heavy atom. The third-order valence-corrected chi connectivity index (χ3v) is 2.89. The molecule has 1 aromatic carbocycles. The van der Waals surface area contributed by atoms with Gasteiger partial charge in [0.05, 0.1) is 19.8 Å². The third kappa shape index (κ3) is 9.36. The Morgan fingerprint density at radius 1 is 1.09 bits per heavy atom. The molecule has 0 aromatic heterocycles. The average Bonchev–Trinajstić information content (AvgIpc) is 2.58. The van der Waals surface area contributed by atoms with Gasteiger partial charge in [-0.3, -0.25) is 9.79 Å². The van der Waals surface area contributed by atoms with E-state index >= 15 is 0 Å². The number of aliphatic imine (C=N–C) groups is 1. The Balaban J connectivity index is 2.08. The minimum absolute atomic E-state index is 0.0996. The van der Waals surface area contributed by atoms with Crippen LogP contribution in [0.3, 0.4) is 0 Å². The lowest BCUT2D eigenvalue weighted by atomic mass is 10.3. The van der Waals surface area contributed by atoms with Crippen LogP contribution in [0.4, 0.5) is 0 Å². The molecule has 7 nitrogen and oxygen atoms in total. The highest BCUT2D eigenvalue weighted by Gasteiger charge is 2.02. The van der Waals surface area contributed by atoms with Gasteiger partial charge in [-0.2, -0.15) is 0 Å². The molecule has 128 valence electrons. The van der Waals surface area contributed by atoms with E-state index in [1.807, 2.05) is 30.3 Å². The van der Waals surface area contributed by atoms with Crippen LogP contribution in [0.15, 0.2) is 35.3 Å². The summed E-state index contributed by atoms with van der Waals surface area (Å²) in [4.78, 5) is 15.6. The summed E-state index contributed by atoms with van der Waals surface area (Å²) in [5.41, 5.74) is 0. The second-order valence-electron chi connectivity index (χ2n) is 4.71. The number of carbonyl (C=O) groups is 1. The van der Waals surface area contributed by atoms with Gasteiger partial charge in [0.1, 0.15) is 5.75 Å². The highest BCUT2D eigenvalue weighted by molar-refractivity contribution is 5.86. The van der Waals surface area contributed by atoms with Gasteiger partial charge in [0.25, 0.3) is 0 Å². The molecule has 0 atom stereocenters. The number of carbonyl (C=O) groups excluding carboxylic acids is 1. The van der Waals surface area contributed by atoms with Crippen molar-refractivity contribution in [2.45, 2.75) is 6.42 Å². The molecule has 1 amide bonds. The molecule has 0 unspecified atom stereocenters. The number of rotatable bonds is 10. The van der Waals surface area contributed by atoms with Crippen molar-refractivity contribution in [3.05, 3.63) is 30.3 Å². The van der Waals surface area contributed by atoms with Crippen molar-refractivity contribution in [3.8, 4) is 5.75 Å². The highest BCUT2D eigenvalue weighted by Crippen LogP contribution is 2.07. The van der Waals surface area contributed by atoms with Crippen LogP contribution in [0, 0.1) is 0 Å². The van der Waals surface area contributed by atoms with Crippen LogP contribution >= 0.6 is 0 Å². The van der Waals surface area contributed by atoms with Crippen molar-refractivity contribution in [3.63, 3.8) is 0 Å². The maximum atomic E-state index is 11.5. The zero-order valence-corrected chi connectivity index (χ0v) is 13.8. The number of methoxy groups -OCH3 is 1. The van der Waals surface area contributed by atoms with E-state index < -0.39 is 0 Å². The Morgan fingerprint density at radius 2 is 1.87 bits per heavy atom. The molecule has 3 N–H and O–H groups in total. The summed E-state index contributed by atoms with van der Waals surface area (Å²) in [7, 11) is 3.26. The molecule has 1 rings (SSSR count). The fourth-order valence-electron chi connectivity index (χ4n) is 1.73. The van der Waals surface area contributed by atoms with Crippen LogP contribution in [0.1, 0.15) is 6.42 Å². The predicted octanol–water partition coefficient (Wildman–Crippen LogP) is 0.383. The monoisotopic (exact) mass is 322 g/mol. The van der Waals surface area contributed by atoms with E-state index in [0.717, 1.165) is 12.2 Å². The molecule has 0 saturated carbocycles. The predicted molar refractivity (Wildman–Crippen MR) is 90.8 cm³/mol. The van der Waals surface area contributed by atoms with E-state index in [-0.39, 0.29) is 12.5 Å². The smallest absolute Gasteiger partial charge is 0.239 e. The Bertz CT molecular complexity index is 466. The van der Waals surface area contributed by atoms with Gasteiger partial charge in [0, 0.05) is 27.2 Å². The molecule has 0 aliphatic carbocycles. The maximum absolute atomic E-state index is 11.5. The first kappa shape index (κ1) is 18.8. The van der Waals surface area contributed by atoms with Crippen LogP contribution in [-0.2, 0) is 9.53 Å². The highest BCUT2D eigenvalue weighted by atomic mass is 16.5. The van der Waals surface area contributed by atoms with Crippen molar-refractivity contribution in [2.24, 2.45) is 4.99 Å². The van der Waals surface area contributed by atoms with Gasteiger partial charge in [-0.1, -0.05) is 18.2 Å². The van der Waals surface area contributed by atoms with Crippen LogP contribution in [0.25, 0.3) is 0 Å². The van der Waals surface area contributed by atoms with E-state index in [9.17, 15) is 4.79 Å². The third-order valence-electron chi connectivity index (χ3n) is 2.89. The van der Waals surface area contributed by atoms with Gasteiger partial charge in [0.15, 0.2) is 5.96 Å². The summed E-state index contributed by atoms with van der Waals surface area (Å²) in [6.45, 7) is 2.49. The normalized spacial score (nSPS) is 11.0. The summed E-state index contributed by atoms with van der Waals surface area (Å²) in [5.74, 6) is 1.35. The van der Waals surface area contributed by atoms with Crippen molar-refractivity contribution in [1.29, 1.82) is 0 Å². The van der Waals surface area contributed by atoms with Gasteiger partial charge in [-0.15, -0.1) is 0 Å². The van der Waals surface area contributed by atoms with Crippen LogP contribution in [0.2, 0.25) is 0 Å². The van der Waals surface area contributed by atoms with E-state index in [1.54, 1.807) is 14.2 Å². The Labute approximate surface area is 137 Å². The molecular weight excluding hydrogens is 296 g/mol. The molecule has 0 fully saturated rings. The fourth-order valence-corrected chi connectivity index (χ4v) is 1.73. The summed E-state index contributed by atoms with van der Waals surface area (Å²) in [6.07, 6.45) is 0.829. The SMILES string of the molecule is CN=C(NCCCOc1ccccc1)NCC(=O)NCCOC. The Kier molecular flexibility index (Phi) is 10.0. The van der Waals surface area contributed by atoms with Crippen molar-refractivity contribution < 1.29 is 14.3 Å². The molecule has 7 heteroatoms. The molecule has 0 heterocycles. The number of para-hydroxylation sites is 1. The number of benzene rings is 1. The number of ether oxygens (including phenoxy) is 2. The summed E-state index contributed by atoms with van der Waals surface area (Å²) >= 11 is 0. The molecule has 0 bridgehead atoms. The van der Waals surface area contributed by atoms with E-state index in [0.29, 0.717) is 32.3 Å². The lowest BCUT2D eigenvalue weighted by Crippen LogP contribution is -2.44. The van der Waals surface area contributed by atoms with Gasteiger partial charge in [-0.05, 0) is 18.6 Å². The van der Waals surface area contributed by atoms with Crippen molar-refractivity contribution in [2.75, 3.05) is 47.0 Å². The van der Waals surface area contributed by atoms with Crippen LogP contribution in [-0.4, -0.2) is 58.9 Å². The molecule has 23 heavy (non-hydrogen) atoms. The first-order valence-corrected chi connectivity index (χ1v) is 7.64. The lowest BCUT2D eigenvalue weighted by Gasteiger charge is -2.12. The molecule has 0 saturated heterocycles. The molecule has 0 aliphatic heterocycles. The van der Waals surface area contributed by atoms with Gasteiger partial charge in [0.2, 0.25) is 5.91 Å². The summed E-state index contributed by atoms with van der Waals surface area (Å²) in [6, 6.07) is 9.69. The number of nitrogens with one attached hydrogen (secondary N) is 3. The minimum Gasteiger partial charge on any atom is -0.494 e. The quantitative estimate of drug-likeness (QED) is 0.330. The second kappa shape index (κ2) is 12.3. The first-order chi connectivity index (χ1) is 11.3. The molecule has 1 aromatic rings. The molecule has 0 aliphatic rings. The zero-order valence-electron chi connectivity index (χ0n) is 13.8. The summed E-state index contributed by atoms with van der Waals surface area (Å²) in [5, 5.41) is 8.81. The van der Waals surface area contributed by atoms with Gasteiger partial charge >= 0.3 is 0 Å². The largest absolute Gasteiger partial charge is 0.494 e. The first-order valence-electron chi connectivity index (χ1n) is 7.64. The van der Waals surface area contributed by atoms with E-state index in [4.69, 9.17) is 9.47 Å². The van der Waals surface area contributed by atoms with Crippen molar-refractivity contribution >= 4 is 11.9 Å². The van der Waals surface area contributed by atoms with Crippen molar-refractivity contribution in [1.82, 2.24) is 16.0 Å². The molecule has 0 spiro atoms. The zero-order chi connectivity index (χ0) is 16.8. The summed E-state index contributed by atoms with van der Waals surface area (Å²) < 4.78 is 10.5. The molecule has 0 radical (unpaired) electrons. The molecular formula is C16H26N4O3. The standard InChI is InChI=1S/C16H26N4O3/c1-17-16(20-13-15(21)18-10-12-22-2)19-9-6-11-23-14-7-4-3-5-8-14/h3-5,7-8H,6,9-13H2,1-2H3,(H,18,21)(H2,17,19,20). The topological polar surface area (TPSA) is 84.0 Å². The second-order valence-corrected chi connectivity index (χ2v) is 4.71. The van der Waals surface area contributed by atoms with Crippen LogP contribution in [0.5, 0.6) is 5.75 Å². The number of amides is 1. The van der Waals surface area contributed by atoms with E-state index in [2.05, 4.69) is 20.9 Å². The van der Waals surface area contributed by atoms with E-state index in [1.165, 1.54) is 0 Å². The number of hydrogen-bond donors (Lipinski definition) is 3. The Hall–Kier alpha value is -2.28. The van der Waals surface area contributed by atoms with Gasteiger partial charge in [-0.25, -0.2) is 0 Å². The minimum atomic E-state index is -0.0996. The van der Waals surface area contributed by atoms with Crippen LogP contribution < -0.4 is 20.7 Å². The number of hydrogen-bond acceptors (Lipinski definition) is 4. The number of nitrogens with zero attached hydrogens (tertiary/aromatic N) is 1. The number of guanidine groups is 1. The maximum Gasteiger partial charge on any atom is 0.239 e. The fraction of sp³-hybridized carbons (Fsp3) is 0.500. The van der Waals surface area contributed by atoms with Gasteiger partial charge < -0.3 is 25.4 Å².